The van der Waals surface area contributed by atoms with Crippen molar-refractivity contribution in [3.8, 4) is 0 Å². The number of hydrogen-bond donors (Lipinski definition) is 1. The van der Waals surface area contributed by atoms with Crippen molar-refractivity contribution in [1.82, 2.24) is 5.32 Å². The number of thioether (sulfide) groups is 1. The van der Waals surface area contributed by atoms with E-state index in [0.29, 0.717) is 9.88 Å². The average molecular weight is 420 g/mol. The molecule has 1 saturated heterocycles. The number of carbonyl (C=O) groups is 1. The van der Waals surface area contributed by atoms with Crippen molar-refractivity contribution in [2.75, 3.05) is 0 Å². The third kappa shape index (κ3) is 3.92. The molecule has 2 aromatic rings. The van der Waals surface area contributed by atoms with Crippen LogP contribution in [-0.4, -0.2) is 23.6 Å². The number of aryl methyl sites for hydroxylation is 1. The molecule has 1 fully saturated rings. The van der Waals surface area contributed by atoms with Crippen LogP contribution in [0.1, 0.15) is 11.1 Å². The Balaban J connectivity index is 2.08. The fraction of sp³-hybridized carbons (Fsp3) is 0.0588. The first kappa shape index (κ1) is 19.2. The number of hydrogen-bond acceptors (Lipinski definition) is 7. The number of benzene rings is 2. The Morgan fingerprint density at radius 3 is 2.41 bits per heavy atom. The highest BCUT2D eigenvalue weighted by Crippen LogP contribution is 2.32. The molecule has 27 heavy (non-hydrogen) atoms. The van der Waals surface area contributed by atoms with E-state index in [1.165, 1.54) is 30.3 Å². The van der Waals surface area contributed by atoms with Crippen LogP contribution in [0.15, 0.2) is 57.2 Å². The van der Waals surface area contributed by atoms with Crippen LogP contribution in [0.5, 0.6) is 0 Å². The first-order valence-corrected chi connectivity index (χ1v) is 10.2. The van der Waals surface area contributed by atoms with Gasteiger partial charge in [0.2, 0.25) is 9.84 Å². The highest BCUT2D eigenvalue weighted by Gasteiger charge is 2.28. The molecule has 0 bridgehead atoms. The smallest absolute Gasteiger partial charge is 0.288 e. The van der Waals surface area contributed by atoms with Gasteiger partial charge >= 0.3 is 0 Å². The van der Waals surface area contributed by atoms with Gasteiger partial charge in [-0.25, -0.2) is 8.42 Å². The van der Waals surface area contributed by atoms with Crippen molar-refractivity contribution in [3.05, 3.63) is 68.6 Å². The van der Waals surface area contributed by atoms with Gasteiger partial charge in [0, 0.05) is 6.07 Å². The molecule has 0 unspecified atom stereocenters. The lowest BCUT2D eigenvalue weighted by molar-refractivity contribution is -0.387. The van der Waals surface area contributed by atoms with Crippen LogP contribution in [-0.2, 0) is 14.6 Å². The third-order valence-corrected chi connectivity index (χ3v) is 6.72. The number of sulfone groups is 1. The zero-order valence-corrected chi connectivity index (χ0v) is 16.3. The summed E-state index contributed by atoms with van der Waals surface area (Å²) in [5.41, 5.74) is 0.637. The highest BCUT2D eigenvalue weighted by molar-refractivity contribution is 8.26. The normalized spacial score (nSPS) is 15.8. The summed E-state index contributed by atoms with van der Waals surface area (Å²) in [5, 5.41) is 13.9. The topological polar surface area (TPSA) is 106 Å². The molecule has 1 amide bonds. The minimum absolute atomic E-state index is 0.0293. The van der Waals surface area contributed by atoms with E-state index in [0.717, 1.165) is 23.4 Å². The maximum atomic E-state index is 12.8. The maximum Gasteiger partial charge on any atom is 0.288 e. The highest BCUT2D eigenvalue weighted by atomic mass is 32.2. The molecular weight excluding hydrogens is 408 g/mol. The van der Waals surface area contributed by atoms with Gasteiger partial charge in [0.25, 0.3) is 11.6 Å². The van der Waals surface area contributed by atoms with Crippen LogP contribution < -0.4 is 5.32 Å². The molecule has 1 aliphatic rings. The fourth-order valence-corrected chi connectivity index (χ4v) is 4.86. The molecule has 1 N–H and O–H groups in total. The number of nitrogens with one attached hydrogen (secondary N) is 1. The molecule has 0 radical (unpaired) electrons. The molecule has 0 saturated carbocycles. The van der Waals surface area contributed by atoms with Gasteiger partial charge in [0.1, 0.15) is 9.22 Å². The summed E-state index contributed by atoms with van der Waals surface area (Å²) in [6, 6.07) is 9.78. The van der Waals surface area contributed by atoms with Gasteiger partial charge in [-0.05, 0) is 36.8 Å². The van der Waals surface area contributed by atoms with E-state index < -0.39 is 31.3 Å². The van der Waals surface area contributed by atoms with Crippen LogP contribution in [0.3, 0.4) is 0 Å². The zero-order valence-electron chi connectivity index (χ0n) is 13.8. The van der Waals surface area contributed by atoms with Crippen molar-refractivity contribution in [1.29, 1.82) is 0 Å². The van der Waals surface area contributed by atoms with Gasteiger partial charge < -0.3 is 5.32 Å². The lowest BCUT2D eigenvalue weighted by atomic mass is 10.2. The van der Waals surface area contributed by atoms with Gasteiger partial charge in [0.15, 0.2) is 0 Å². The molecule has 10 heteroatoms. The maximum absolute atomic E-state index is 12.8. The van der Waals surface area contributed by atoms with Crippen molar-refractivity contribution in [2.45, 2.75) is 16.7 Å². The molecular formula is C17H12N2O5S3. The quantitative estimate of drug-likeness (QED) is 0.350. The van der Waals surface area contributed by atoms with E-state index in [4.69, 9.17) is 12.2 Å². The molecule has 0 atom stereocenters. The van der Waals surface area contributed by atoms with Crippen LogP contribution in [0.2, 0.25) is 0 Å². The van der Waals surface area contributed by atoms with Gasteiger partial charge in [-0.15, -0.1) is 0 Å². The predicted octanol–water partition coefficient (Wildman–Crippen LogP) is 3.22. The Labute approximate surface area is 164 Å². The van der Waals surface area contributed by atoms with E-state index in [-0.39, 0.29) is 9.80 Å². The summed E-state index contributed by atoms with van der Waals surface area (Å²) in [7, 11) is -4.06. The minimum Gasteiger partial charge on any atom is -0.307 e. The van der Waals surface area contributed by atoms with Gasteiger partial charge in [-0.1, -0.05) is 47.7 Å². The summed E-state index contributed by atoms with van der Waals surface area (Å²) in [6.07, 6.45) is 1.43. The Kier molecular flexibility index (Phi) is 5.13. The molecule has 2 aromatic carbocycles. The van der Waals surface area contributed by atoms with E-state index in [1.807, 2.05) is 6.92 Å². The second-order valence-corrected chi connectivity index (χ2v) is 9.29. The molecule has 138 valence electrons. The first-order chi connectivity index (χ1) is 12.7. The molecule has 1 heterocycles. The lowest BCUT2D eigenvalue weighted by Crippen LogP contribution is -2.17. The molecule has 0 spiro atoms. The van der Waals surface area contributed by atoms with E-state index >= 15 is 0 Å². The first-order valence-electron chi connectivity index (χ1n) is 7.53. The molecule has 0 aliphatic carbocycles. The fourth-order valence-electron chi connectivity index (χ4n) is 2.41. The summed E-state index contributed by atoms with van der Waals surface area (Å²) in [4.78, 5) is 22.3. The molecule has 3 rings (SSSR count). The lowest BCUT2D eigenvalue weighted by Gasteiger charge is -2.07. The predicted molar refractivity (Wildman–Crippen MR) is 106 cm³/mol. The summed E-state index contributed by atoms with van der Waals surface area (Å²) in [5.74, 6) is -0.399. The monoisotopic (exact) mass is 420 g/mol. The van der Waals surface area contributed by atoms with Crippen LogP contribution in [0, 0.1) is 17.0 Å². The molecule has 7 nitrogen and oxygen atoms in total. The van der Waals surface area contributed by atoms with E-state index in [2.05, 4.69) is 5.32 Å². The van der Waals surface area contributed by atoms with Gasteiger partial charge in [0.05, 0.1) is 14.7 Å². The second-order valence-electron chi connectivity index (χ2n) is 5.65. The number of rotatable bonds is 4. The van der Waals surface area contributed by atoms with Crippen molar-refractivity contribution < 1.29 is 18.1 Å². The van der Waals surface area contributed by atoms with E-state index in [1.54, 1.807) is 12.1 Å². The summed E-state index contributed by atoms with van der Waals surface area (Å²) >= 11 is 5.93. The molecule has 1 aliphatic heterocycles. The Hall–Kier alpha value is -2.56. The Morgan fingerprint density at radius 2 is 1.85 bits per heavy atom. The Morgan fingerprint density at radius 1 is 1.19 bits per heavy atom. The molecule has 0 aromatic heterocycles. The van der Waals surface area contributed by atoms with E-state index in [9.17, 15) is 23.3 Å². The zero-order chi connectivity index (χ0) is 19.8. The largest absolute Gasteiger partial charge is 0.307 e. The van der Waals surface area contributed by atoms with Crippen LogP contribution >= 0.6 is 24.0 Å². The van der Waals surface area contributed by atoms with Crippen molar-refractivity contribution in [2.24, 2.45) is 0 Å². The number of nitrogens with zero attached hydrogens (tertiary/aromatic N) is 1. The number of carbonyl (C=O) groups excluding carboxylic acids is 1. The van der Waals surface area contributed by atoms with Gasteiger partial charge in [-0.2, -0.15) is 0 Å². The van der Waals surface area contributed by atoms with Crippen LogP contribution in [0.25, 0.3) is 6.08 Å². The summed E-state index contributed by atoms with van der Waals surface area (Å²) in [6.45, 7) is 1.81. The van der Waals surface area contributed by atoms with Crippen LogP contribution in [0.4, 0.5) is 5.69 Å². The third-order valence-electron chi connectivity index (χ3n) is 3.74. The van der Waals surface area contributed by atoms with Crippen molar-refractivity contribution in [3.63, 3.8) is 0 Å². The minimum atomic E-state index is -4.06. The number of nitro groups is 1. The average Bonchev–Trinajstić information content (AvgIpc) is 2.92. The summed E-state index contributed by atoms with van der Waals surface area (Å²) < 4.78 is 25.9. The number of thiocarbonyl (C=S) groups is 1. The van der Waals surface area contributed by atoms with Crippen molar-refractivity contribution >= 4 is 55.8 Å². The second kappa shape index (κ2) is 7.22. The standard InChI is InChI=1S/C17H12N2O5S3/c1-10-2-5-12(6-3-10)27(23,24)15-7-4-11(8-13(15)19(21)22)9-14-16(20)18-17(25)26-14/h2-9H,1H3,(H,18,20,25)/b14-9-. The number of amides is 1. The van der Waals surface area contributed by atoms with Gasteiger partial charge in [-0.3, -0.25) is 14.9 Å². The Bertz CT molecular complexity index is 1110. The number of nitro benzene ring substituents is 1. The SMILES string of the molecule is Cc1ccc(S(=O)(=O)c2ccc(/C=C3\SC(=S)NC3=O)cc2[N+](=O)[O-])cc1.